The lowest BCUT2D eigenvalue weighted by molar-refractivity contribution is 0.114. The van der Waals surface area contributed by atoms with E-state index in [0.29, 0.717) is 6.61 Å². The minimum absolute atomic E-state index is 0.0358. The van der Waals surface area contributed by atoms with Gasteiger partial charge in [-0.25, -0.2) is 0 Å². The first-order valence-corrected chi connectivity index (χ1v) is 8.69. The highest BCUT2D eigenvalue weighted by Crippen LogP contribution is 2.32. The average Bonchev–Trinajstić information content (AvgIpc) is 3.33. The number of rotatable bonds is 5. The summed E-state index contributed by atoms with van der Waals surface area (Å²) in [5, 5.41) is 0. The summed E-state index contributed by atoms with van der Waals surface area (Å²) in [6.07, 6.45) is 4.18. The van der Waals surface area contributed by atoms with Crippen LogP contribution in [0.25, 0.3) is 5.69 Å². The lowest BCUT2D eigenvalue weighted by atomic mass is 10.2. The van der Waals surface area contributed by atoms with E-state index in [1.165, 1.54) is 5.69 Å². The minimum Gasteiger partial charge on any atom is -0.494 e. The normalized spacial score (nSPS) is 17.0. The molecule has 0 bridgehead atoms. The molecule has 1 fully saturated rings. The molecule has 1 aliphatic rings. The van der Waals surface area contributed by atoms with Crippen LogP contribution in [0.4, 0.5) is 5.69 Å². The van der Waals surface area contributed by atoms with Crippen molar-refractivity contribution in [2.75, 3.05) is 24.7 Å². The molecule has 0 radical (unpaired) electrons. The summed E-state index contributed by atoms with van der Waals surface area (Å²) in [5.41, 5.74) is 3.47. The van der Waals surface area contributed by atoms with Gasteiger partial charge in [-0.2, -0.15) is 0 Å². The van der Waals surface area contributed by atoms with Gasteiger partial charge in [0.15, 0.2) is 6.23 Å². The molecule has 1 aliphatic heterocycles. The van der Waals surface area contributed by atoms with Crippen LogP contribution in [-0.2, 0) is 4.74 Å². The van der Waals surface area contributed by atoms with Crippen LogP contribution in [0.2, 0.25) is 0 Å². The van der Waals surface area contributed by atoms with Crippen LogP contribution in [0.15, 0.2) is 73.1 Å². The van der Waals surface area contributed by atoms with E-state index in [4.69, 9.17) is 9.47 Å². The summed E-state index contributed by atoms with van der Waals surface area (Å²) in [6.45, 7) is 4.32. The van der Waals surface area contributed by atoms with E-state index in [2.05, 4.69) is 64.3 Å². The molecule has 2 heterocycles. The molecule has 0 N–H and O–H groups in total. The Morgan fingerprint density at radius 1 is 1.00 bits per heavy atom. The Labute approximate surface area is 148 Å². The van der Waals surface area contributed by atoms with Crippen LogP contribution in [-0.4, -0.2) is 24.3 Å². The number of hydrogen-bond donors (Lipinski definition) is 0. The fourth-order valence-electron chi connectivity index (χ4n) is 3.23. The van der Waals surface area contributed by atoms with Gasteiger partial charge < -0.3 is 18.9 Å². The molecule has 1 atom stereocenters. The van der Waals surface area contributed by atoms with E-state index in [0.717, 1.165) is 30.2 Å². The number of benzene rings is 2. The standard InChI is InChI=1S/C21H22N2O2/c1-2-24-20-10-8-18(9-11-20)22-13-12-17(16-22)21-23(14-15-25-21)19-6-4-3-5-7-19/h3-13,16,21H,2,14-15H2,1H3/t21-/m0/s1. The van der Waals surface area contributed by atoms with Gasteiger partial charge in [-0.05, 0) is 49.4 Å². The van der Waals surface area contributed by atoms with E-state index >= 15 is 0 Å². The molecule has 1 aromatic heterocycles. The summed E-state index contributed by atoms with van der Waals surface area (Å²) >= 11 is 0. The van der Waals surface area contributed by atoms with Gasteiger partial charge in [0, 0.05) is 35.9 Å². The van der Waals surface area contributed by atoms with E-state index < -0.39 is 0 Å². The zero-order valence-corrected chi connectivity index (χ0v) is 14.3. The first kappa shape index (κ1) is 15.8. The van der Waals surface area contributed by atoms with E-state index in [1.54, 1.807) is 0 Å². The number of nitrogens with zero attached hydrogens (tertiary/aromatic N) is 2. The Balaban J connectivity index is 1.56. The topological polar surface area (TPSA) is 26.6 Å². The van der Waals surface area contributed by atoms with E-state index in [1.807, 2.05) is 25.1 Å². The van der Waals surface area contributed by atoms with Gasteiger partial charge in [-0.3, -0.25) is 0 Å². The maximum absolute atomic E-state index is 6.00. The second-order valence-corrected chi connectivity index (χ2v) is 6.03. The van der Waals surface area contributed by atoms with Gasteiger partial charge in [0.2, 0.25) is 0 Å². The highest BCUT2D eigenvalue weighted by molar-refractivity contribution is 5.49. The molecule has 3 aromatic rings. The van der Waals surface area contributed by atoms with Gasteiger partial charge in [0.1, 0.15) is 5.75 Å². The zero-order valence-electron chi connectivity index (χ0n) is 14.3. The van der Waals surface area contributed by atoms with E-state index in [-0.39, 0.29) is 6.23 Å². The molecule has 1 saturated heterocycles. The molecule has 0 aliphatic carbocycles. The van der Waals surface area contributed by atoms with Crippen LogP contribution in [0.5, 0.6) is 5.75 Å². The molecule has 0 spiro atoms. The van der Waals surface area contributed by atoms with Crippen molar-refractivity contribution < 1.29 is 9.47 Å². The predicted molar refractivity (Wildman–Crippen MR) is 99.4 cm³/mol. The average molecular weight is 334 g/mol. The molecule has 128 valence electrons. The molecular formula is C21H22N2O2. The van der Waals surface area contributed by atoms with Crippen molar-refractivity contribution in [1.29, 1.82) is 0 Å². The first-order valence-electron chi connectivity index (χ1n) is 8.69. The first-order chi connectivity index (χ1) is 12.3. The number of aromatic nitrogens is 1. The van der Waals surface area contributed by atoms with Crippen LogP contribution in [0, 0.1) is 0 Å². The van der Waals surface area contributed by atoms with Crippen LogP contribution in [0.1, 0.15) is 18.7 Å². The lowest BCUT2D eigenvalue weighted by Gasteiger charge is -2.24. The fraction of sp³-hybridized carbons (Fsp3) is 0.238. The molecule has 0 amide bonds. The van der Waals surface area contributed by atoms with Gasteiger partial charge in [-0.1, -0.05) is 18.2 Å². The summed E-state index contributed by atoms with van der Waals surface area (Å²) in [6, 6.07) is 20.7. The van der Waals surface area contributed by atoms with Crippen molar-refractivity contribution in [2.45, 2.75) is 13.2 Å². The number of anilines is 1. The fourth-order valence-corrected chi connectivity index (χ4v) is 3.23. The third-order valence-corrected chi connectivity index (χ3v) is 4.43. The maximum atomic E-state index is 6.00. The lowest BCUT2D eigenvalue weighted by Crippen LogP contribution is -2.22. The molecular weight excluding hydrogens is 312 g/mol. The third kappa shape index (κ3) is 3.26. The van der Waals surface area contributed by atoms with Crippen molar-refractivity contribution in [3.05, 3.63) is 78.6 Å². The summed E-state index contributed by atoms with van der Waals surface area (Å²) in [5.74, 6) is 0.896. The summed E-state index contributed by atoms with van der Waals surface area (Å²) in [7, 11) is 0. The highest BCUT2D eigenvalue weighted by Gasteiger charge is 2.27. The van der Waals surface area contributed by atoms with Gasteiger partial charge >= 0.3 is 0 Å². The Kier molecular flexibility index (Phi) is 4.44. The van der Waals surface area contributed by atoms with Crippen molar-refractivity contribution in [1.82, 2.24) is 4.57 Å². The molecule has 0 unspecified atom stereocenters. The second kappa shape index (κ2) is 7.03. The van der Waals surface area contributed by atoms with Gasteiger partial charge in [0.05, 0.1) is 13.2 Å². The monoisotopic (exact) mass is 334 g/mol. The molecule has 2 aromatic carbocycles. The quantitative estimate of drug-likeness (QED) is 0.691. The second-order valence-electron chi connectivity index (χ2n) is 6.03. The largest absolute Gasteiger partial charge is 0.494 e. The molecule has 0 saturated carbocycles. The Morgan fingerprint density at radius 3 is 2.56 bits per heavy atom. The van der Waals surface area contributed by atoms with Crippen LogP contribution >= 0.6 is 0 Å². The van der Waals surface area contributed by atoms with Gasteiger partial charge in [-0.15, -0.1) is 0 Å². The molecule has 4 heteroatoms. The Bertz CT molecular complexity index is 811. The summed E-state index contributed by atoms with van der Waals surface area (Å²) in [4.78, 5) is 2.30. The SMILES string of the molecule is CCOc1ccc(-n2ccc([C@@H]3OCCN3c3ccccc3)c2)cc1. The van der Waals surface area contributed by atoms with E-state index in [9.17, 15) is 0 Å². The minimum atomic E-state index is -0.0358. The molecule has 4 rings (SSSR count). The Morgan fingerprint density at radius 2 is 1.80 bits per heavy atom. The van der Waals surface area contributed by atoms with Crippen molar-refractivity contribution in [3.63, 3.8) is 0 Å². The van der Waals surface area contributed by atoms with Crippen molar-refractivity contribution in [2.24, 2.45) is 0 Å². The third-order valence-electron chi connectivity index (χ3n) is 4.43. The molecule has 25 heavy (non-hydrogen) atoms. The highest BCUT2D eigenvalue weighted by atomic mass is 16.5. The van der Waals surface area contributed by atoms with Crippen LogP contribution < -0.4 is 9.64 Å². The predicted octanol–water partition coefficient (Wildman–Crippen LogP) is 4.41. The van der Waals surface area contributed by atoms with Crippen molar-refractivity contribution in [3.8, 4) is 11.4 Å². The smallest absolute Gasteiger partial charge is 0.158 e. The number of para-hydroxylation sites is 1. The Hall–Kier alpha value is -2.72. The number of hydrogen-bond acceptors (Lipinski definition) is 3. The van der Waals surface area contributed by atoms with Gasteiger partial charge in [0.25, 0.3) is 0 Å². The van der Waals surface area contributed by atoms with Crippen molar-refractivity contribution >= 4 is 5.69 Å². The molecule has 4 nitrogen and oxygen atoms in total. The number of ether oxygens (including phenoxy) is 2. The summed E-state index contributed by atoms with van der Waals surface area (Å²) < 4.78 is 13.6. The zero-order chi connectivity index (χ0) is 17.1. The van der Waals surface area contributed by atoms with Crippen LogP contribution in [0.3, 0.4) is 0 Å². The maximum Gasteiger partial charge on any atom is 0.158 e.